The molecule has 0 unspecified atom stereocenters. The lowest BCUT2D eigenvalue weighted by Crippen LogP contribution is -2.28. The number of nitrogens with one attached hydrogen (secondary N) is 1. The van der Waals surface area contributed by atoms with E-state index in [2.05, 4.69) is 23.7 Å². The van der Waals surface area contributed by atoms with Crippen molar-refractivity contribution in [3.05, 3.63) is 41.9 Å². The van der Waals surface area contributed by atoms with Crippen LogP contribution in [0.4, 0.5) is 8.78 Å². The van der Waals surface area contributed by atoms with Crippen molar-refractivity contribution in [2.45, 2.75) is 38.6 Å². The zero-order valence-corrected chi connectivity index (χ0v) is 12.9. The average Bonchev–Trinajstić information content (AvgIpc) is 2.96. The summed E-state index contributed by atoms with van der Waals surface area (Å²) in [5, 5.41) is 3.36. The number of nitrogens with zero attached hydrogens (tertiary/aromatic N) is 2. The number of halogens is 2. The second-order valence-corrected chi connectivity index (χ2v) is 6.14. The molecule has 1 aliphatic rings. The number of hydrogen-bond donors (Lipinski definition) is 1. The zero-order valence-electron chi connectivity index (χ0n) is 12.9. The molecule has 118 valence electrons. The molecular weight excluding hydrogens is 284 g/mol. The number of aromatic nitrogens is 2. The highest BCUT2D eigenvalue weighted by atomic mass is 19.2. The molecular formula is C17H21F2N3. The van der Waals surface area contributed by atoms with Crippen LogP contribution in [0.2, 0.25) is 0 Å². The molecule has 2 aromatic rings. The van der Waals surface area contributed by atoms with Gasteiger partial charge in [-0.15, -0.1) is 0 Å². The van der Waals surface area contributed by atoms with E-state index in [9.17, 15) is 8.78 Å². The Morgan fingerprint density at radius 3 is 2.55 bits per heavy atom. The fourth-order valence-electron chi connectivity index (χ4n) is 3.00. The van der Waals surface area contributed by atoms with Gasteiger partial charge in [-0.1, -0.05) is 0 Å². The van der Waals surface area contributed by atoms with Crippen LogP contribution in [-0.2, 0) is 0 Å². The fraction of sp³-hybridized carbons (Fsp3) is 0.471. The molecule has 1 N–H and O–H groups in total. The fourth-order valence-corrected chi connectivity index (χ4v) is 3.00. The first-order chi connectivity index (χ1) is 10.6. The summed E-state index contributed by atoms with van der Waals surface area (Å²) in [6.45, 7) is 6.22. The third kappa shape index (κ3) is 2.90. The van der Waals surface area contributed by atoms with Crippen molar-refractivity contribution in [2.24, 2.45) is 0 Å². The summed E-state index contributed by atoms with van der Waals surface area (Å²) >= 11 is 0. The van der Waals surface area contributed by atoms with Gasteiger partial charge in [0, 0.05) is 23.7 Å². The number of rotatable bonds is 3. The molecule has 0 atom stereocenters. The Morgan fingerprint density at radius 1 is 1.18 bits per heavy atom. The van der Waals surface area contributed by atoms with Crippen molar-refractivity contribution in [1.29, 1.82) is 0 Å². The Kier molecular flexibility index (Phi) is 4.25. The van der Waals surface area contributed by atoms with Gasteiger partial charge < -0.3 is 9.88 Å². The topological polar surface area (TPSA) is 29.9 Å². The van der Waals surface area contributed by atoms with Gasteiger partial charge in [0.25, 0.3) is 0 Å². The summed E-state index contributed by atoms with van der Waals surface area (Å²) in [5.74, 6) is -0.190. The minimum Gasteiger partial charge on any atom is -0.332 e. The predicted molar refractivity (Wildman–Crippen MR) is 82.8 cm³/mol. The van der Waals surface area contributed by atoms with Crippen LogP contribution in [0.1, 0.15) is 44.5 Å². The van der Waals surface area contributed by atoms with Gasteiger partial charge in [-0.25, -0.2) is 13.8 Å². The van der Waals surface area contributed by atoms with Crippen molar-refractivity contribution < 1.29 is 8.78 Å². The van der Waals surface area contributed by atoms with Gasteiger partial charge in [-0.2, -0.15) is 0 Å². The van der Waals surface area contributed by atoms with Crippen LogP contribution in [0.3, 0.4) is 0 Å². The molecule has 2 heterocycles. The molecule has 1 aromatic heterocycles. The largest absolute Gasteiger partial charge is 0.332 e. The van der Waals surface area contributed by atoms with Gasteiger partial charge in [0.1, 0.15) is 5.82 Å². The Labute approximate surface area is 129 Å². The summed E-state index contributed by atoms with van der Waals surface area (Å²) in [7, 11) is 0. The van der Waals surface area contributed by atoms with Gasteiger partial charge in [-0.3, -0.25) is 0 Å². The van der Waals surface area contributed by atoms with E-state index in [4.69, 9.17) is 4.98 Å². The number of hydrogen-bond acceptors (Lipinski definition) is 2. The van der Waals surface area contributed by atoms with E-state index in [0.717, 1.165) is 37.8 Å². The summed E-state index contributed by atoms with van der Waals surface area (Å²) in [6, 6.07) is 4.24. The van der Waals surface area contributed by atoms with Crippen LogP contribution >= 0.6 is 0 Å². The second kappa shape index (κ2) is 6.16. The summed E-state index contributed by atoms with van der Waals surface area (Å²) < 4.78 is 28.7. The molecule has 1 fully saturated rings. The van der Waals surface area contributed by atoms with Crippen LogP contribution in [0.25, 0.3) is 11.3 Å². The molecule has 0 bridgehead atoms. The van der Waals surface area contributed by atoms with Crippen molar-refractivity contribution in [2.75, 3.05) is 13.1 Å². The Morgan fingerprint density at radius 2 is 1.91 bits per heavy atom. The SMILES string of the molecule is CC(C)n1cc(-c2ccc(F)c(F)c2)nc1C1CCNCC1. The van der Waals surface area contributed by atoms with Crippen LogP contribution in [0.5, 0.6) is 0 Å². The molecule has 3 rings (SSSR count). The zero-order chi connectivity index (χ0) is 15.7. The van der Waals surface area contributed by atoms with Crippen molar-refractivity contribution in [3.8, 4) is 11.3 Å². The summed E-state index contributed by atoms with van der Waals surface area (Å²) in [5.41, 5.74) is 1.33. The number of piperidine rings is 1. The van der Waals surface area contributed by atoms with Crippen molar-refractivity contribution in [1.82, 2.24) is 14.9 Å². The van der Waals surface area contributed by atoms with E-state index >= 15 is 0 Å². The van der Waals surface area contributed by atoms with E-state index in [1.54, 1.807) is 6.07 Å². The maximum absolute atomic E-state index is 13.5. The van der Waals surface area contributed by atoms with Crippen LogP contribution < -0.4 is 5.32 Å². The van der Waals surface area contributed by atoms with E-state index < -0.39 is 11.6 Å². The van der Waals surface area contributed by atoms with Gasteiger partial charge >= 0.3 is 0 Å². The van der Waals surface area contributed by atoms with Gasteiger partial charge in [0.2, 0.25) is 0 Å². The molecule has 22 heavy (non-hydrogen) atoms. The first-order valence-corrected chi connectivity index (χ1v) is 7.81. The highest BCUT2D eigenvalue weighted by Crippen LogP contribution is 2.30. The minimum atomic E-state index is -0.833. The lowest BCUT2D eigenvalue weighted by atomic mass is 9.97. The normalized spacial score (nSPS) is 16.4. The third-order valence-corrected chi connectivity index (χ3v) is 4.24. The molecule has 0 saturated carbocycles. The van der Waals surface area contributed by atoms with E-state index in [0.29, 0.717) is 17.2 Å². The molecule has 0 spiro atoms. The van der Waals surface area contributed by atoms with Crippen molar-refractivity contribution in [3.63, 3.8) is 0 Å². The molecule has 3 nitrogen and oxygen atoms in total. The van der Waals surface area contributed by atoms with Gasteiger partial charge in [0.05, 0.1) is 5.69 Å². The average molecular weight is 305 g/mol. The van der Waals surface area contributed by atoms with Crippen molar-refractivity contribution >= 4 is 0 Å². The standard InChI is InChI=1S/C17H21F2N3/c1-11(2)22-10-16(13-3-4-14(18)15(19)9-13)21-17(22)12-5-7-20-8-6-12/h3-4,9-12,20H,5-8H2,1-2H3. The van der Waals surface area contributed by atoms with E-state index in [1.807, 2.05) is 6.20 Å². The molecule has 1 aliphatic heterocycles. The van der Waals surface area contributed by atoms with Crippen LogP contribution in [0.15, 0.2) is 24.4 Å². The maximum atomic E-state index is 13.5. The molecule has 0 amide bonds. The summed E-state index contributed by atoms with van der Waals surface area (Å²) in [4.78, 5) is 4.74. The molecule has 5 heteroatoms. The molecule has 1 saturated heterocycles. The van der Waals surface area contributed by atoms with Gasteiger partial charge in [0.15, 0.2) is 11.6 Å². The van der Waals surface area contributed by atoms with Crippen LogP contribution in [0, 0.1) is 11.6 Å². The number of benzene rings is 1. The minimum absolute atomic E-state index is 0.288. The van der Waals surface area contributed by atoms with Gasteiger partial charge in [-0.05, 0) is 58.0 Å². The Balaban J connectivity index is 2.00. The first kappa shape index (κ1) is 15.2. The monoisotopic (exact) mass is 305 g/mol. The van der Waals surface area contributed by atoms with E-state index in [-0.39, 0.29) is 6.04 Å². The second-order valence-electron chi connectivity index (χ2n) is 6.14. The molecule has 0 radical (unpaired) electrons. The smallest absolute Gasteiger partial charge is 0.159 e. The maximum Gasteiger partial charge on any atom is 0.159 e. The highest BCUT2D eigenvalue weighted by Gasteiger charge is 2.23. The third-order valence-electron chi connectivity index (χ3n) is 4.24. The Bertz CT molecular complexity index is 658. The molecule has 0 aliphatic carbocycles. The highest BCUT2D eigenvalue weighted by molar-refractivity contribution is 5.59. The molecule has 1 aromatic carbocycles. The lowest BCUT2D eigenvalue weighted by molar-refractivity contribution is 0.420. The number of imidazole rings is 1. The first-order valence-electron chi connectivity index (χ1n) is 7.81. The summed E-state index contributed by atoms with van der Waals surface area (Å²) in [6.07, 6.45) is 4.07. The quantitative estimate of drug-likeness (QED) is 0.932. The van der Waals surface area contributed by atoms with E-state index in [1.165, 1.54) is 6.07 Å². The Hall–Kier alpha value is -1.75. The lowest BCUT2D eigenvalue weighted by Gasteiger charge is -2.24. The predicted octanol–water partition coefficient (Wildman–Crippen LogP) is 3.88. The van der Waals surface area contributed by atoms with Crippen LogP contribution in [-0.4, -0.2) is 22.6 Å².